The molecule has 0 aliphatic carbocycles. The minimum Gasteiger partial charge on any atom is -0.458 e. The fourth-order valence-electron chi connectivity index (χ4n) is 3.79. The Morgan fingerprint density at radius 3 is 1.04 bits per heavy atom. The summed E-state index contributed by atoms with van der Waals surface area (Å²) in [5.74, 6) is -2.57. The Kier molecular flexibility index (Phi) is 29.1. The van der Waals surface area contributed by atoms with Gasteiger partial charge in [0.15, 0.2) is 24.4 Å². The van der Waals surface area contributed by atoms with Gasteiger partial charge in [0.2, 0.25) is 0 Å². The monoisotopic (exact) mass is 916 g/mol. The minimum atomic E-state index is -1.67. The Hall–Kier alpha value is -2.16. The highest BCUT2D eigenvalue weighted by Gasteiger charge is 2.44. The Morgan fingerprint density at radius 2 is 0.870 bits per heavy atom. The van der Waals surface area contributed by atoms with E-state index in [1.54, 1.807) is 0 Å². The molecule has 2 rings (SSSR count). The maximum atomic E-state index is 11.4. The molecule has 0 aromatic heterocycles. The van der Waals surface area contributed by atoms with Gasteiger partial charge in [-0.25, -0.2) is 0 Å². The van der Waals surface area contributed by atoms with Crippen LogP contribution in [0.1, 0.15) is 27.7 Å². The van der Waals surface area contributed by atoms with Gasteiger partial charge in [-0.15, -0.1) is 13.2 Å². The third-order valence-corrected chi connectivity index (χ3v) is 8.05. The molecule has 0 amide bonds. The van der Waals surface area contributed by atoms with Crippen LogP contribution in [0.2, 0.25) is 0 Å². The maximum Gasteiger partial charge on any atom is 0.303 e. The molecule has 2 aliphatic rings. The number of hydrogen-bond donors (Lipinski definition) is 10. The molecule has 2 heterocycles. The van der Waals surface area contributed by atoms with E-state index in [0.29, 0.717) is 13.2 Å². The lowest BCUT2D eigenvalue weighted by atomic mass is 10.0. The molecule has 0 saturated carbocycles. The molecule has 2 fully saturated rings. The lowest BCUT2D eigenvalue weighted by Gasteiger charge is -2.34. The number of aliphatic hydroxyl groups excluding tert-OH is 10. The van der Waals surface area contributed by atoms with E-state index in [9.17, 15) is 29.4 Å². The van der Waals surface area contributed by atoms with Gasteiger partial charge in [-0.3, -0.25) is 19.2 Å². The second-order valence-electron chi connectivity index (χ2n) is 11.4. The molecule has 0 radical (unpaired) electrons. The van der Waals surface area contributed by atoms with Crippen LogP contribution in [-0.4, -0.2) is 197 Å². The maximum absolute atomic E-state index is 11.4. The van der Waals surface area contributed by atoms with Crippen molar-refractivity contribution >= 4 is 55.7 Å². The summed E-state index contributed by atoms with van der Waals surface area (Å²) in [5.41, 5.74) is 0. The first kappa shape index (κ1) is 53.9. The molecule has 20 nitrogen and oxygen atoms in total. The first-order valence-corrected chi connectivity index (χ1v) is 18.4. The van der Waals surface area contributed by atoms with Crippen LogP contribution in [0.5, 0.6) is 0 Å². The lowest BCUT2D eigenvalue weighted by Crippen LogP contribution is -2.52. The third kappa shape index (κ3) is 23.0. The SMILES string of the molecule is C=C[C@H](O)[C@@H](O)C=C.CC(=O)O[C@H]([C@@H](OC(C)=O)[C@@H](CBr)OC(C)=O)[C@@H](CBr)OC(C)=O.OC[C@@H](O)[C@H](O)[C@@H](O)[C@H](O)CO.O[C@H]([C@@H](O)[C@H]1CO1)[C@H]1CO1. The number of epoxide rings is 2. The number of alkyl halides is 2. The number of hydrogen-bond acceptors (Lipinski definition) is 20. The summed E-state index contributed by atoms with van der Waals surface area (Å²) >= 11 is 6.33. The van der Waals surface area contributed by atoms with E-state index in [0.717, 1.165) is 13.8 Å². The zero-order valence-corrected chi connectivity index (χ0v) is 33.4. The van der Waals surface area contributed by atoms with Crippen LogP contribution < -0.4 is 0 Å². The van der Waals surface area contributed by atoms with Crippen molar-refractivity contribution in [3.63, 3.8) is 0 Å². The predicted molar refractivity (Wildman–Crippen MR) is 192 cm³/mol. The third-order valence-electron chi connectivity index (χ3n) is 6.77. The molecule has 2 saturated heterocycles. The molecule has 0 spiro atoms. The normalized spacial score (nSPS) is 22.0. The van der Waals surface area contributed by atoms with Gasteiger partial charge < -0.3 is 79.5 Å². The van der Waals surface area contributed by atoms with Crippen molar-refractivity contribution in [3.8, 4) is 0 Å². The van der Waals surface area contributed by atoms with E-state index < -0.39 is 110 Å². The molecule has 316 valence electrons. The van der Waals surface area contributed by atoms with Crippen molar-refractivity contribution in [3.05, 3.63) is 25.3 Å². The van der Waals surface area contributed by atoms with Gasteiger partial charge in [0.1, 0.15) is 61.0 Å². The summed E-state index contributed by atoms with van der Waals surface area (Å²) in [6.45, 7) is 10.9. The van der Waals surface area contributed by atoms with E-state index in [-0.39, 0.29) is 22.9 Å². The molecule has 0 aromatic carbocycles. The molecular weight excluding hydrogens is 864 g/mol. The van der Waals surface area contributed by atoms with Gasteiger partial charge in [-0.2, -0.15) is 0 Å². The Bertz CT molecular complexity index is 1020. The van der Waals surface area contributed by atoms with Crippen molar-refractivity contribution in [2.24, 2.45) is 0 Å². The molecular formula is C32H54Br2O20. The van der Waals surface area contributed by atoms with E-state index >= 15 is 0 Å². The van der Waals surface area contributed by atoms with Crippen LogP contribution in [0.25, 0.3) is 0 Å². The van der Waals surface area contributed by atoms with Crippen molar-refractivity contribution < 1.29 is 98.7 Å². The number of rotatable bonds is 20. The van der Waals surface area contributed by atoms with Crippen LogP contribution in [0.4, 0.5) is 0 Å². The fourth-order valence-corrected chi connectivity index (χ4v) is 4.79. The van der Waals surface area contributed by atoms with Crippen LogP contribution in [0, 0.1) is 0 Å². The average molecular weight is 919 g/mol. The van der Waals surface area contributed by atoms with E-state index in [1.165, 1.54) is 26.0 Å². The van der Waals surface area contributed by atoms with Crippen LogP contribution in [0.15, 0.2) is 25.3 Å². The Morgan fingerprint density at radius 1 is 0.611 bits per heavy atom. The topological polar surface area (TPSA) is 333 Å². The molecule has 22 heteroatoms. The van der Waals surface area contributed by atoms with Crippen molar-refractivity contribution in [2.45, 2.75) is 113 Å². The summed E-state index contributed by atoms with van der Waals surface area (Å²) in [5, 5.41) is 88.2. The summed E-state index contributed by atoms with van der Waals surface area (Å²) in [4.78, 5) is 45.5. The minimum absolute atomic E-state index is 0.109. The highest BCUT2D eigenvalue weighted by atomic mass is 79.9. The quantitative estimate of drug-likeness (QED) is 0.0186. The smallest absolute Gasteiger partial charge is 0.303 e. The van der Waals surface area contributed by atoms with E-state index in [2.05, 4.69) is 45.0 Å². The largest absolute Gasteiger partial charge is 0.458 e. The van der Waals surface area contributed by atoms with Gasteiger partial charge in [-0.1, -0.05) is 44.0 Å². The fraction of sp³-hybridized carbons (Fsp3) is 0.750. The highest BCUT2D eigenvalue weighted by molar-refractivity contribution is 9.09. The lowest BCUT2D eigenvalue weighted by molar-refractivity contribution is -0.194. The van der Waals surface area contributed by atoms with Crippen molar-refractivity contribution in [1.29, 1.82) is 0 Å². The van der Waals surface area contributed by atoms with Crippen LogP contribution in [0.3, 0.4) is 0 Å². The molecule has 0 aromatic rings. The van der Waals surface area contributed by atoms with Gasteiger partial charge >= 0.3 is 23.9 Å². The Balaban J connectivity index is 0. The number of aliphatic hydroxyl groups is 10. The van der Waals surface area contributed by atoms with Gasteiger partial charge in [0.05, 0.1) is 26.4 Å². The number of halogens is 2. The molecule has 0 unspecified atom stereocenters. The second kappa shape index (κ2) is 29.1. The van der Waals surface area contributed by atoms with Gasteiger partial charge in [0.25, 0.3) is 0 Å². The molecule has 0 bridgehead atoms. The molecule has 14 atom stereocenters. The number of carbonyl (C=O) groups is 4. The Labute approximate surface area is 329 Å². The molecule has 10 N–H and O–H groups in total. The first-order valence-electron chi connectivity index (χ1n) is 16.1. The molecule has 2 aliphatic heterocycles. The summed E-state index contributed by atoms with van der Waals surface area (Å²) < 4.78 is 30.2. The number of ether oxygens (including phenoxy) is 6. The number of carbonyl (C=O) groups excluding carboxylic acids is 4. The van der Waals surface area contributed by atoms with Crippen molar-refractivity contribution in [1.82, 2.24) is 0 Å². The second-order valence-corrected chi connectivity index (χ2v) is 12.7. The summed E-state index contributed by atoms with van der Waals surface area (Å²) in [6, 6.07) is 0. The highest BCUT2D eigenvalue weighted by Crippen LogP contribution is 2.24. The predicted octanol–water partition coefficient (Wildman–Crippen LogP) is -3.50. The van der Waals surface area contributed by atoms with E-state index in [1.807, 2.05) is 0 Å². The molecule has 54 heavy (non-hydrogen) atoms. The zero-order chi connectivity index (χ0) is 42.3. The van der Waals surface area contributed by atoms with Crippen LogP contribution >= 0.6 is 31.9 Å². The number of esters is 4. The summed E-state index contributed by atoms with van der Waals surface area (Å²) in [7, 11) is 0. The summed E-state index contributed by atoms with van der Waals surface area (Å²) in [6.07, 6.45) is -11.7. The van der Waals surface area contributed by atoms with Gasteiger partial charge in [0, 0.05) is 38.4 Å². The van der Waals surface area contributed by atoms with E-state index in [4.69, 9.17) is 69.3 Å². The van der Waals surface area contributed by atoms with Gasteiger partial charge in [-0.05, 0) is 0 Å². The van der Waals surface area contributed by atoms with Crippen molar-refractivity contribution in [2.75, 3.05) is 37.1 Å². The first-order chi connectivity index (χ1) is 25.2. The zero-order valence-electron chi connectivity index (χ0n) is 30.2. The standard InChI is InChI=1S/C14H20Br2O8.C6H14O6.C6H10O4.C6H10O2/c1-7(17)21-11(5-15)13(23-9(3)19)14(24-10(4)20)12(6-16)22-8(2)18;7-1-3(9)5(11)6(12)4(10)2-8;7-5(3-1-9-3)6(8)4-2-10-4;1-3-5(7)6(8)4-2/h11-14H,5-6H2,1-4H3;3-12H,1-2H2;3-8H,1-2H2;3-8H,1-2H2/t11-,12-,13+,14+;2*3-,4-,5+,6+;5-,6-/m1110/s1. The average Bonchev–Trinajstić information content (AvgIpc) is 4.06. The van der Waals surface area contributed by atoms with Crippen LogP contribution in [-0.2, 0) is 47.6 Å².